The number of para-hydroxylation sites is 1. The Morgan fingerprint density at radius 1 is 0.900 bits per heavy atom. The fourth-order valence-electron chi connectivity index (χ4n) is 3.56. The number of nitrogens with zero attached hydrogens (tertiary/aromatic N) is 4. The maximum absolute atomic E-state index is 13.1. The second-order valence-electron chi connectivity index (χ2n) is 6.99. The van der Waals surface area contributed by atoms with Gasteiger partial charge in [0.15, 0.2) is 5.65 Å². The van der Waals surface area contributed by atoms with E-state index >= 15 is 0 Å². The van der Waals surface area contributed by atoms with Crippen LogP contribution in [0.5, 0.6) is 0 Å². The zero-order chi connectivity index (χ0) is 20.3. The molecule has 0 fully saturated rings. The molecule has 0 atom stereocenters. The summed E-state index contributed by atoms with van der Waals surface area (Å²) >= 11 is 0. The Kier molecular flexibility index (Phi) is 4.65. The van der Waals surface area contributed by atoms with Crippen molar-refractivity contribution in [2.45, 2.75) is 6.42 Å². The highest BCUT2D eigenvalue weighted by molar-refractivity contribution is 6.07. The van der Waals surface area contributed by atoms with E-state index in [-0.39, 0.29) is 5.91 Å². The molecule has 0 bridgehead atoms. The van der Waals surface area contributed by atoms with Gasteiger partial charge >= 0.3 is 0 Å². The molecule has 3 aromatic heterocycles. The lowest BCUT2D eigenvalue weighted by Gasteiger charge is -2.10. The molecule has 1 amide bonds. The first kappa shape index (κ1) is 18.0. The molecule has 2 aromatic carbocycles. The number of fused-ring (bicyclic) bond motifs is 2. The van der Waals surface area contributed by atoms with Gasteiger partial charge in [-0.25, -0.2) is 4.98 Å². The first-order valence-corrected chi connectivity index (χ1v) is 9.82. The molecule has 0 aliphatic rings. The smallest absolute Gasteiger partial charge is 0.252 e. The van der Waals surface area contributed by atoms with Crippen molar-refractivity contribution in [2.24, 2.45) is 0 Å². The van der Waals surface area contributed by atoms with Gasteiger partial charge in [0.25, 0.3) is 5.91 Å². The third-order valence-electron chi connectivity index (χ3n) is 5.05. The molecule has 146 valence electrons. The van der Waals surface area contributed by atoms with Gasteiger partial charge in [-0.2, -0.15) is 0 Å². The molecule has 0 saturated carbocycles. The van der Waals surface area contributed by atoms with Gasteiger partial charge in [-0.1, -0.05) is 54.6 Å². The van der Waals surface area contributed by atoms with Gasteiger partial charge in [0, 0.05) is 30.1 Å². The maximum atomic E-state index is 13.1. The van der Waals surface area contributed by atoms with Crippen molar-refractivity contribution in [3.63, 3.8) is 0 Å². The minimum atomic E-state index is -0.125. The lowest BCUT2D eigenvalue weighted by Crippen LogP contribution is -2.26. The van der Waals surface area contributed by atoms with Crippen molar-refractivity contribution >= 4 is 22.5 Å². The number of carbonyl (C=O) groups excluding carboxylic acids is 1. The summed E-state index contributed by atoms with van der Waals surface area (Å²) in [6, 6.07) is 25.2. The largest absolute Gasteiger partial charge is 0.352 e. The van der Waals surface area contributed by atoms with E-state index in [1.807, 2.05) is 89.5 Å². The number of rotatable bonds is 5. The van der Waals surface area contributed by atoms with E-state index in [9.17, 15) is 4.79 Å². The van der Waals surface area contributed by atoms with Crippen molar-refractivity contribution in [3.8, 4) is 11.3 Å². The molecule has 5 rings (SSSR count). The van der Waals surface area contributed by atoms with Crippen molar-refractivity contribution in [1.29, 1.82) is 0 Å². The molecular weight excluding hydrogens is 374 g/mol. The van der Waals surface area contributed by atoms with Crippen LogP contribution in [-0.4, -0.2) is 32.0 Å². The zero-order valence-electron chi connectivity index (χ0n) is 16.2. The Balaban J connectivity index is 1.41. The molecule has 6 nitrogen and oxygen atoms in total. The highest BCUT2D eigenvalue weighted by atomic mass is 16.1. The molecule has 0 unspecified atom stereocenters. The van der Waals surface area contributed by atoms with Gasteiger partial charge in [0.1, 0.15) is 5.82 Å². The SMILES string of the molecule is O=C(NCCc1nnc2ccccn12)c1cc(-c2ccccc2)nc2ccccc12. The Bertz CT molecular complexity index is 1340. The van der Waals surface area contributed by atoms with Gasteiger partial charge < -0.3 is 5.32 Å². The third-order valence-corrected chi connectivity index (χ3v) is 5.05. The van der Waals surface area contributed by atoms with Crippen LogP contribution in [0.2, 0.25) is 0 Å². The van der Waals surface area contributed by atoms with E-state index in [0.717, 1.165) is 33.6 Å². The van der Waals surface area contributed by atoms with Crippen molar-refractivity contribution in [3.05, 3.63) is 96.4 Å². The van der Waals surface area contributed by atoms with E-state index in [0.29, 0.717) is 18.5 Å². The van der Waals surface area contributed by atoms with E-state index in [1.165, 1.54) is 0 Å². The van der Waals surface area contributed by atoms with Crippen LogP contribution in [-0.2, 0) is 6.42 Å². The van der Waals surface area contributed by atoms with Crippen LogP contribution >= 0.6 is 0 Å². The van der Waals surface area contributed by atoms with Crippen LogP contribution in [0, 0.1) is 0 Å². The van der Waals surface area contributed by atoms with Gasteiger partial charge in [0.2, 0.25) is 0 Å². The zero-order valence-corrected chi connectivity index (χ0v) is 16.2. The summed E-state index contributed by atoms with van der Waals surface area (Å²) < 4.78 is 1.93. The number of nitrogens with one attached hydrogen (secondary N) is 1. The summed E-state index contributed by atoms with van der Waals surface area (Å²) in [5, 5.41) is 12.2. The summed E-state index contributed by atoms with van der Waals surface area (Å²) in [6.07, 6.45) is 2.51. The molecule has 0 aliphatic heterocycles. The fourth-order valence-corrected chi connectivity index (χ4v) is 3.56. The van der Waals surface area contributed by atoms with E-state index in [2.05, 4.69) is 15.5 Å². The van der Waals surface area contributed by atoms with E-state index in [1.54, 1.807) is 0 Å². The van der Waals surface area contributed by atoms with Crippen LogP contribution in [0.15, 0.2) is 85.1 Å². The average Bonchev–Trinajstić information content (AvgIpc) is 3.22. The molecule has 0 saturated heterocycles. The normalized spacial score (nSPS) is 11.1. The predicted molar refractivity (Wildman–Crippen MR) is 116 cm³/mol. The second kappa shape index (κ2) is 7.75. The number of amides is 1. The molecule has 0 spiro atoms. The summed E-state index contributed by atoms with van der Waals surface area (Å²) in [5.41, 5.74) is 3.97. The average molecular weight is 393 g/mol. The van der Waals surface area contributed by atoms with Gasteiger partial charge in [-0.3, -0.25) is 9.20 Å². The van der Waals surface area contributed by atoms with Crippen LogP contribution < -0.4 is 5.32 Å². The van der Waals surface area contributed by atoms with Gasteiger partial charge in [0.05, 0.1) is 16.8 Å². The number of benzene rings is 2. The van der Waals surface area contributed by atoms with Crippen molar-refractivity contribution < 1.29 is 4.79 Å². The first-order chi connectivity index (χ1) is 14.8. The minimum absolute atomic E-state index is 0.125. The highest BCUT2D eigenvalue weighted by Gasteiger charge is 2.14. The Hall–Kier alpha value is -4.06. The molecule has 30 heavy (non-hydrogen) atoms. The van der Waals surface area contributed by atoms with Crippen LogP contribution in [0.25, 0.3) is 27.8 Å². The highest BCUT2D eigenvalue weighted by Crippen LogP contribution is 2.24. The molecule has 0 aliphatic carbocycles. The van der Waals surface area contributed by atoms with Crippen LogP contribution in [0.3, 0.4) is 0 Å². The van der Waals surface area contributed by atoms with E-state index < -0.39 is 0 Å². The molecule has 6 heteroatoms. The minimum Gasteiger partial charge on any atom is -0.352 e. The molecule has 5 aromatic rings. The number of hydrogen-bond donors (Lipinski definition) is 1. The third kappa shape index (κ3) is 3.39. The van der Waals surface area contributed by atoms with Gasteiger partial charge in [-0.15, -0.1) is 10.2 Å². The molecular formula is C24H19N5O. The van der Waals surface area contributed by atoms with Crippen molar-refractivity contribution in [1.82, 2.24) is 24.9 Å². The second-order valence-corrected chi connectivity index (χ2v) is 6.99. The maximum Gasteiger partial charge on any atom is 0.252 e. The number of carbonyl (C=O) groups is 1. The molecule has 0 radical (unpaired) electrons. The van der Waals surface area contributed by atoms with Crippen molar-refractivity contribution in [2.75, 3.05) is 6.54 Å². The monoisotopic (exact) mass is 393 g/mol. The fraction of sp³-hybridized carbons (Fsp3) is 0.0833. The van der Waals surface area contributed by atoms with Crippen LogP contribution in [0.1, 0.15) is 16.2 Å². The standard InChI is InChI=1S/C24H19N5O/c30-24(25-14-13-23-28-27-22-12-6-7-15-29(22)23)19-16-21(17-8-2-1-3-9-17)26-20-11-5-4-10-18(19)20/h1-12,15-16H,13-14H2,(H,25,30). The lowest BCUT2D eigenvalue weighted by molar-refractivity contribution is 0.0955. The quantitative estimate of drug-likeness (QED) is 0.491. The first-order valence-electron chi connectivity index (χ1n) is 9.82. The topological polar surface area (TPSA) is 72.2 Å². The molecule has 3 heterocycles. The number of hydrogen-bond acceptors (Lipinski definition) is 4. The summed E-state index contributed by atoms with van der Waals surface area (Å²) in [4.78, 5) is 17.8. The van der Waals surface area contributed by atoms with E-state index in [4.69, 9.17) is 4.98 Å². The van der Waals surface area contributed by atoms with Gasteiger partial charge in [-0.05, 0) is 24.3 Å². The number of aromatic nitrogens is 4. The van der Waals surface area contributed by atoms with Crippen LogP contribution in [0.4, 0.5) is 0 Å². The number of pyridine rings is 2. The molecule has 1 N–H and O–H groups in total. The Morgan fingerprint density at radius 2 is 1.70 bits per heavy atom. The predicted octanol–water partition coefficient (Wildman–Crippen LogP) is 3.92. The summed E-state index contributed by atoms with van der Waals surface area (Å²) in [6.45, 7) is 0.464. The Morgan fingerprint density at radius 3 is 2.60 bits per heavy atom. The summed E-state index contributed by atoms with van der Waals surface area (Å²) in [5.74, 6) is 0.690. The summed E-state index contributed by atoms with van der Waals surface area (Å²) in [7, 11) is 0. The lowest BCUT2D eigenvalue weighted by atomic mass is 10.0. The Labute approximate surface area is 173 Å².